The van der Waals surface area contributed by atoms with Crippen molar-refractivity contribution in [1.82, 2.24) is 0 Å². The standard InChI is InChI=1S/C42H44O8/c1-24(2)31-16-12-25-10-13-27(14-11-25)32-17-15-28(26-8-6-5-7-9-26)20-29(32)21-35(44)48-39-37-34(50-42(3,4)40(39)49-41(31)46)19-18-33-30(23-43)22-36(45)47-38(33)37/h5-11,13-14,18-19,22,28-29,32,39-40,43H,12,15-17,20-21,23H2,1-4H3. The van der Waals surface area contributed by atoms with E-state index in [0.717, 1.165) is 30.4 Å². The van der Waals surface area contributed by atoms with Gasteiger partial charge in [0.25, 0.3) is 0 Å². The van der Waals surface area contributed by atoms with Gasteiger partial charge in [-0.2, -0.15) is 0 Å². The van der Waals surface area contributed by atoms with Crippen LogP contribution in [0.4, 0.5) is 0 Å². The van der Waals surface area contributed by atoms with E-state index in [0.29, 0.717) is 46.6 Å². The van der Waals surface area contributed by atoms with Gasteiger partial charge < -0.3 is 23.7 Å². The second-order valence-electron chi connectivity index (χ2n) is 14.8. The number of hydrogen-bond donors (Lipinski definition) is 1. The molecule has 2 bridgehead atoms. The van der Waals surface area contributed by atoms with Gasteiger partial charge in [0.1, 0.15) is 16.9 Å². The van der Waals surface area contributed by atoms with Crippen molar-refractivity contribution in [2.75, 3.05) is 0 Å². The maximum atomic E-state index is 14.3. The molecular weight excluding hydrogens is 632 g/mol. The molecule has 1 saturated carbocycles. The molecule has 1 aliphatic carbocycles. The number of allylic oxidation sites excluding steroid dienone is 1. The fraction of sp³-hybridized carbons (Fsp3) is 0.405. The molecule has 1 fully saturated rings. The van der Waals surface area contributed by atoms with Crippen molar-refractivity contribution in [3.05, 3.63) is 122 Å². The van der Waals surface area contributed by atoms with E-state index >= 15 is 0 Å². The number of ether oxygens (including phenoxy) is 3. The fourth-order valence-electron chi connectivity index (χ4n) is 8.27. The number of aryl methyl sites for hydroxylation is 1. The predicted molar refractivity (Wildman–Crippen MR) is 189 cm³/mol. The number of carbonyl (C=O) groups is 2. The molecule has 8 heteroatoms. The minimum absolute atomic E-state index is 0.00254. The van der Waals surface area contributed by atoms with Crippen LogP contribution in [-0.4, -0.2) is 28.8 Å². The van der Waals surface area contributed by atoms with Gasteiger partial charge in [0.05, 0.1) is 12.2 Å². The van der Waals surface area contributed by atoms with Crippen LogP contribution in [0.3, 0.4) is 0 Å². The van der Waals surface area contributed by atoms with Crippen LogP contribution in [0.25, 0.3) is 11.0 Å². The second-order valence-corrected chi connectivity index (χ2v) is 14.8. The average molecular weight is 677 g/mol. The van der Waals surface area contributed by atoms with Crippen LogP contribution in [0.15, 0.2) is 93.2 Å². The molecule has 4 aliphatic rings. The molecule has 4 heterocycles. The van der Waals surface area contributed by atoms with Crippen LogP contribution in [-0.2, 0) is 32.1 Å². The lowest BCUT2D eigenvalue weighted by molar-refractivity contribution is -0.188. The summed E-state index contributed by atoms with van der Waals surface area (Å²) in [5.74, 6) is -0.137. The van der Waals surface area contributed by atoms with Crippen LogP contribution in [0, 0.1) is 5.92 Å². The van der Waals surface area contributed by atoms with E-state index in [4.69, 9.17) is 18.6 Å². The third-order valence-electron chi connectivity index (χ3n) is 10.9. The zero-order valence-electron chi connectivity index (χ0n) is 29.1. The number of benzene rings is 3. The smallest absolute Gasteiger partial charge is 0.336 e. The molecule has 8 nitrogen and oxygen atoms in total. The first-order valence-electron chi connectivity index (χ1n) is 17.6. The topological polar surface area (TPSA) is 112 Å². The number of carbonyl (C=O) groups excluding carboxylic acids is 2. The number of esters is 2. The summed E-state index contributed by atoms with van der Waals surface area (Å²) < 4.78 is 25.0. The quantitative estimate of drug-likeness (QED) is 0.129. The minimum atomic E-state index is -1.15. The summed E-state index contributed by atoms with van der Waals surface area (Å²) in [6.45, 7) is 6.97. The van der Waals surface area contributed by atoms with Gasteiger partial charge in [-0.15, -0.1) is 0 Å². The van der Waals surface area contributed by atoms with Crippen LogP contribution in [0.5, 0.6) is 5.75 Å². The summed E-state index contributed by atoms with van der Waals surface area (Å²) >= 11 is 0. The molecule has 0 saturated heterocycles. The number of aliphatic hydroxyl groups is 1. The van der Waals surface area contributed by atoms with Gasteiger partial charge in [-0.1, -0.05) is 60.2 Å². The van der Waals surface area contributed by atoms with Crippen molar-refractivity contribution in [3.8, 4) is 5.75 Å². The van der Waals surface area contributed by atoms with Crippen molar-refractivity contribution in [3.63, 3.8) is 0 Å². The lowest BCUT2D eigenvalue weighted by atomic mass is 9.68. The Morgan fingerprint density at radius 1 is 0.880 bits per heavy atom. The van der Waals surface area contributed by atoms with Crippen molar-refractivity contribution < 1.29 is 33.3 Å². The van der Waals surface area contributed by atoms with Crippen molar-refractivity contribution >= 4 is 22.9 Å². The number of aliphatic hydroxyl groups excluding tert-OH is 1. The molecule has 4 aromatic rings. The summed E-state index contributed by atoms with van der Waals surface area (Å²) in [6.07, 6.45) is 1.82. The first-order valence-corrected chi connectivity index (χ1v) is 17.6. The van der Waals surface area contributed by atoms with Gasteiger partial charge in [-0.3, -0.25) is 4.79 Å². The highest BCUT2D eigenvalue weighted by Gasteiger charge is 2.51. The second kappa shape index (κ2) is 13.6. The van der Waals surface area contributed by atoms with Gasteiger partial charge in [-0.25, -0.2) is 9.59 Å². The van der Waals surface area contributed by atoms with E-state index in [-0.39, 0.29) is 23.8 Å². The molecule has 1 aromatic heterocycles. The van der Waals surface area contributed by atoms with E-state index in [2.05, 4.69) is 48.5 Å². The highest BCUT2D eigenvalue weighted by molar-refractivity contribution is 5.90. The summed E-state index contributed by atoms with van der Waals surface area (Å²) in [5, 5.41) is 10.6. The fourth-order valence-corrected chi connectivity index (χ4v) is 8.27. The Labute approximate surface area is 292 Å². The summed E-state index contributed by atoms with van der Waals surface area (Å²) in [5.41, 5.74) is 3.97. The molecule has 1 N–H and O–H groups in total. The Bertz CT molecular complexity index is 2000. The lowest BCUT2D eigenvalue weighted by Crippen LogP contribution is -2.52. The average Bonchev–Trinajstić information content (AvgIpc) is 3.09. The number of hydrogen-bond acceptors (Lipinski definition) is 8. The van der Waals surface area contributed by atoms with E-state index in [1.54, 1.807) is 26.0 Å². The van der Waals surface area contributed by atoms with Gasteiger partial charge in [-0.05, 0) is 112 Å². The van der Waals surface area contributed by atoms with E-state index in [1.807, 2.05) is 19.9 Å². The Morgan fingerprint density at radius 2 is 1.64 bits per heavy atom. The molecule has 8 rings (SSSR count). The molecule has 0 amide bonds. The van der Waals surface area contributed by atoms with Crippen molar-refractivity contribution in [1.29, 1.82) is 0 Å². The molecule has 260 valence electrons. The third kappa shape index (κ3) is 6.49. The normalized spacial score (nSPS) is 25.1. The van der Waals surface area contributed by atoms with Crippen molar-refractivity contribution in [2.45, 2.75) is 102 Å². The van der Waals surface area contributed by atoms with E-state index in [9.17, 15) is 19.5 Å². The number of rotatable bonds is 2. The molecule has 3 aromatic carbocycles. The molecule has 50 heavy (non-hydrogen) atoms. The predicted octanol–water partition coefficient (Wildman–Crippen LogP) is 7.99. The number of fused-ring (bicyclic) bond motifs is 11. The van der Waals surface area contributed by atoms with Gasteiger partial charge >= 0.3 is 17.6 Å². The largest absolute Gasteiger partial charge is 0.483 e. The highest BCUT2D eigenvalue weighted by Crippen LogP contribution is 2.49. The zero-order chi connectivity index (χ0) is 35.2. The molecule has 0 spiro atoms. The summed E-state index contributed by atoms with van der Waals surface area (Å²) in [4.78, 5) is 41.1. The van der Waals surface area contributed by atoms with Gasteiger partial charge in [0, 0.05) is 23.4 Å². The first-order chi connectivity index (χ1) is 24.0. The van der Waals surface area contributed by atoms with Crippen molar-refractivity contribution in [2.24, 2.45) is 5.92 Å². The molecule has 5 unspecified atom stereocenters. The third-order valence-corrected chi connectivity index (χ3v) is 10.9. The monoisotopic (exact) mass is 676 g/mol. The van der Waals surface area contributed by atoms with Gasteiger partial charge in [0.15, 0.2) is 12.2 Å². The summed E-state index contributed by atoms with van der Waals surface area (Å²) in [6, 6.07) is 23.8. The SMILES string of the molecule is CC(C)=C1CCc2ccc(cc2)C2CCC(c3ccccc3)CC2CC(=O)OC2c3c(ccc4c(CO)cc(=O)oc34)OC(C)(C)C2OC1=O. The van der Waals surface area contributed by atoms with Gasteiger partial charge in [0.2, 0.25) is 0 Å². The van der Waals surface area contributed by atoms with Crippen LogP contribution in [0.1, 0.15) is 106 Å². The van der Waals surface area contributed by atoms with E-state index < -0.39 is 42.0 Å². The zero-order valence-corrected chi connectivity index (χ0v) is 29.1. The molecular formula is C42H44O8. The molecule has 0 radical (unpaired) electrons. The molecule has 5 atom stereocenters. The maximum Gasteiger partial charge on any atom is 0.336 e. The summed E-state index contributed by atoms with van der Waals surface area (Å²) in [7, 11) is 0. The first kappa shape index (κ1) is 33.8. The minimum Gasteiger partial charge on any atom is -0.483 e. The Kier molecular flexibility index (Phi) is 9.16. The Hall–Kier alpha value is -4.69. The highest BCUT2D eigenvalue weighted by atomic mass is 16.6. The lowest BCUT2D eigenvalue weighted by Gasteiger charge is -2.43. The Balaban J connectivity index is 1.35. The van der Waals surface area contributed by atoms with Crippen LogP contribution in [0.2, 0.25) is 0 Å². The van der Waals surface area contributed by atoms with Crippen LogP contribution < -0.4 is 10.4 Å². The molecule has 3 aliphatic heterocycles. The van der Waals surface area contributed by atoms with E-state index in [1.165, 1.54) is 17.2 Å². The van der Waals surface area contributed by atoms with Crippen LogP contribution >= 0.6 is 0 Å². The maximum absolute atomic E-state index is 14.3. The Morgan fingerprint density at radius 3 is 2.36 bits per heavy atom.